The summed E-state index contributed by atoms with van der Waals surface area (Å²) in [5, 5.41) is 3.11. The van der Waals surface area contributed by atoms with E-state index in [2.05, 4.69) is 21.4 Å². The molecule has 2 heterocycles. The third kappa shape index (κ3) is 3.09. The quantitative estimate of drug-likeness (QED) is 0.784. The van der Waals surface area contributed by atoms with Crippen LogP contribution in [0.4, 0.5) is 17.3 Å². The minimum Gasteiger partial charge on any atom is -0.497 e. The summed E-state index contributed by atoms with van der Waals surface area (Å²) in [7, 11) is 1.61. The molecule has 3 aromatic rings. The Labute approximate surface area is 151 Å². The highest BCUT2D eigenvalue weighted by Crippen LogP contribution is 2.28. The van der Waals surface area contributed by atoms with Gasteiger partial charge in [0, 0.05) is 30.2 Å². The maximum atomic E-state index is 12.9. The van der Waals surface area contributed by atoms with Crippen LogP contribution in [0.15, 0.2) is 60.8 Å². The Morgan fingerprint density at radius 2 is 2.04 bits per heavy atom. The molecule has 130 valence electrons. The number of ether oxygens (including phenoxy) is 1. The summed E-state index contributed by atoms with van der Waals surface area (Å²) >= 11 is 0. The number of rotatable bonds is 4. The molecule has 0 saturated carbocycles. The first kappa shape index (κ1) is 16.1. The molecule has 0 radical (unpaired) electrons. The summed E-state index contributed by atoms with van der Waals surface area (Å²) in [4.78, 5) is 23.3. The van der Waals surface area contributed by atoms with E-state index in [1.165, 1.54) is 5.56 Å². The first-order chi connectivity index (χ1) is 12.7. The van der Waals surface area contributed by atoms with Gasteiger partial charge in [0.05, 0.1) is 7.11 Å². The number of methoxy groups -OCH3 is 1. The fraction of sp³-hybridized carbons (Fsp3) is 0.150. The summed E-state index contributed by atoms with van der Waals surface area (Å²) in [5.74, 6) is 0.985. The van der Waals surface area contributed by atoms with Crippen LogP contribution in [0.25, 0.3) is 0 Å². The second kappa shape index (κ2) is 6.84. The van der Waals surface area contributed by atoms with E-state index < -0.39 is 0 Å². The van der Waals surface area contributed by atoms with Crippen molar-refractivity contribution < 1.29 is 9.53 Å². The van der Waals surface area contributed by atoms with Crippen molar-refractivity contribution in [3.63, 3.8) is 0 Å². The van der Waals surface area contributed by atoms with Gasteiger partial charge in [-0.3, -0.25) is 4.79 Å². The second-order valence-electron chi connectivity index (χ2n) is 5.96. The van der Waals surface area contributed by atoms with Crippen molar-refractivity contribution in [2.75, 3.05) is 23.9 Å². The van der Waals surface area contributed by atoms with Gasteiger partial charge in [-0.2, -0.15) is 0 Å². The van der Waals surface area contributed by atoms with Crippen molar-refractivity contribution >= 4 is 23.2 Å². The fourth-order valence-corrected chi connectivity index (χ4v) is 3.06. The number of nitrogens with one attached hydrogen (secondary N) is 1. The monoisotopic (exact) mass is 346 g/mol. The average Bonchev–Trinajstić information content (AvgIpc) is 3.12. The number of anilines is 3. The number of aromatic nitrogens is 2. The van der Waals surface area contributed by atoms with Gasteiger partial charge in [-0.15, -0.1) is 0 Å². The molecule has 0 bridgehead atoms. The van der Waals surface area contributed by atoms with Crippen LogP contribution >= 0.6 is 0 Å². The lowest BCUT2D eigenvalue weighted by molar-refractivity contribution is 0.0984. The summed E-state index contributed by atoms with van der Waals surface area (Å²) in [6.07, 6.45) is 2.45. The zero-order chi connectivity index (χ0) is 17.9. The average molecular weight is 346 g/mol. The number of hydrogen-bond donors (Lipinski definition) is 1. The molecule has 1 aliphatic heterocycles. The third-order valence-electron chi connectivity index (χ3n) is 4.33. The van der Waals surface area contributed by atoms with Crippen molar-refractivity contribution in [1.82, 2.24) is 9.97 Å². The number of nitrogens with zero attached hydrogens (tertiary/aromatic N) is 3. The van der Waals surface area contributed by atoms with Crippen LogP contribution in [-0.2, 0) is 6.42 Å². The zero-order valence-electron chi connectivity index (χ0n) is 14.3. The molecule has 0 atom stereocenters. The van der Waals surface area contributed by atoms with Crippen molar-refractivity contribution in [2.45, 2.75) is 6.42 Å². The Kier molecular flexibility index (Phi) is 4.23. The minimum absolute atomic E-state index is 0.119. The number of hydrogen-bond acceptors (Lipinski definition) is 5. The predicted octanol–water partition coefficient (Wildman–Crippen LogP) is 3.43. The van der Waals surface area contributed by atoms with E-state index in [1.807, 2.05) is 42.5 Å². The molecule has 4 rings (SSSR count). The molecule has 1 N–H and O–H groups in total. The molecule has 0 fully saturated rings. The van der Waals surface area contributed by atoms with Gasteiger partial charge in [-0.25, -0.2) is 9.97 Å². The van der Waals surface area contributed by atoms with Crippen LogP contribution in [0.3, 0.4) is 0 Å². The van der Waals surface area contributed by atoms with Crippen molar-refractivity contribution in [3.05, 3.63) is 72.1 Å². The lowest BCUT2D eigenvalue weighted by Crippen LogP contribution is -2.29. The molecule has 0 unspecified atom stereocenters. The van der Waals surface area contributed by atoms with Gasteiger partial charge in [-0.1, -0.05) is 24.3 Å². The molecule has 6 nitrogen and oxygen atoms in total. The molecule has 1 aliphatic rings. The molecule has 0 spiro atoms. The Bertz CT molecular complexity index is 958. The van der Waals surface area contributed by atoms with E-state index in [0.717, 1.165) is 23.5 Å². The Morgan fingerprint density at radius 1 is 1.15 bits per heavy atom. The highest BCUT2D eigenvalue weighted by molar-refractivity contribution is 6.06. The van der Waals surface area contributed by atoms with Crippen LogP contribution in [-0.4, -0.2) is 29.5 Å². The Hall–Kier alpha value is -3.41. The number of carbonyl (C=O) groups excluding carboxylic acids is 1. The first-order valence-electron chi connectivity index (χ1n) is 8.38. The van der Waals surface area contributed by atoms with Gasteiger partial charge in [0.1, 0.15) is 11.4 Å². The maximum absolute atomic E-state index is 12.9. The zero-order valence-corrected chi connectivity index (χ0v) is 14.3. The Morgan fingerprint density at radius 3 is 2.92 bits per heavy atom. The number of carbonyl (C=O) groups is 1. The van der Waals surface area contributed by atoms with E-state index >= 15 is 0 Å². The number of para-hydroxylation sites is 1. The highest BCUT2D eigenvalue weighted by atomic mass is 16.5. The Balaban J connectivity index is 1.57. The van der Waals surface area contributed by atoms with Gasteiger partial charge in [0.2, 0.25) is 5.95 Å². The van der Waals surface area contributed by atoms with Crippen LogP contribution in [0.5, 0.6) is 5.75 Å². The SMILES string of the molecule is COc1cccc(Nc2nccc(C(=O)N3CCc4ccccc43)n2)c1. The van der Waals surface area contributed by atoms with Crippen molar-refractivity contribution in [1.29, 1.82) is 0 Å². The lowest BCUT2D eigenvalue weighted by atomic mass is 10.2. The summed E-state index contributed by atoms with van der Waals surface area (Å²) < 4.78 is 5.21. The van der Waals surface area contributed by atoms with Gasteiger partial charge >= 0.3 is 0 Å². The van der Waals surface area contributed by atoms with Gasteiger partial charge < -0.3 is 15.0 Å². The molecular weight excluding hydrogens is 328 g/mol. The van der Waals surface area contributed by atoms with Gasteiger partial charge in [-0.05, 0) is 36.2 Å². The van der Waals surface area contributed by atoms with Crippen LogP contribution < -0.4 is 15.0 Å². The van der Waals surface area contributed by atoms with E-state index in [0.29, 0.717) is 18.2 Å². The second-order valence-corrected chi connectivity index (χ2v) is 5.96. The minimum atomic E-state index is -0.119. The molecular formula is C20H18N4O2. The molecule has 2 aromatic carbocycles. The van der Waals surface area contributed by atoms with Crippen molar-refractivity contribution in [2.24, 2.45) is 0 Å². The highest BCUT2D eigenvalue weighted by Gasteiger charge is 2.26. The number of benzene rings is 2. The first-order valence-corrected chi connectivity index (χ1v) is 8.38. The van der Waals surface area contributed by atoms with Crippen molar-refractivity contribution in [3.8, 4) is 5.75 Å². The molecule has 1 amide bonds. The maximum Gasteiger partial charge on any atom is 0.277 e. The van der Waals surface area contributed by atoms with E-state index in [-0.39, 0.29) is 5.91 Å². The van der Waals surface area contributed by atoms with Crippen LogP contribution in [0.1, 0.15) is 16.1 Å². The number of amides is 1. The molecule has 0 aliphatic carbocycles. The van der Waals surface area contributed by atoms with Crippen LogP contribution in [0, 0.1) is 0 Å². The van der Waals surface area contributed by atoms with E-state index in [4.69, 9.17) is 4.74 Å². The standard InChI is InChI=1S/C20H18N4O2/c1-26-16-7-4-6-15(13-16)22-20-21-11-9-17(23-20)19(25)24-12-10-14-5-2-3-8-18(14)24/h2-9,11,13H,10,12H2,1H3,(H,21,22,23). The largest absolute Gasteiger partial charge is 0.497 e. The predicted molar refractivity (Wildman–Crippen MR) is 100 cm³/mol. The van der Waals surface area contributed by atoms with E-state index in [9.17, 15) is 4.79 Å². The smallest absolute Gasteiger partial charge is 0.277 e. The number of fused-ring (bicyclic) bond motifs is 1. The molecule has 0 saturated heterocycles. The third-order valence-corrected chi connectivity index (χ3v) is 4.33. The molecule has 1 aromatic heterocycles. The van der Waals surface area contributed by atoms with Gasteiger partial charge in [0.25, 0.3) is 5.91 Å². The normalized spacial score (nSPS) is 12.6. The van der Waals surface area contributed by atoms with Gasteiger partial charge in [0.15, 0.2) is 0 Å². The topological polar surface area (TPSA) is 67.3 Å². The lowest BCUT2D eigenvalue weighted by Gasteiger charge is -2.17. The fourth-order valence-electron chi connectivity index (χ4n) is 3.06. The van der Waals surface area contributed by atoms with Crippen LogP contribution in [0.2, 0.25) is 0 Å². The summed E-state index contributed by atoms with van der Waals surface area (Å²) in [6, 6.07) is 17.1. The summed E-state index contributed by atoms with van der Waals surface area (Å²) in [6.45, 7) is 0.667. The van der Waals surface area contributed by atoms with E-state index in [1.54, 1.807) is 24.3 Å². The summed E-state index contributed by atoms with van der Waals surface area (Å²) in [5.41, 5.74) is 3.30. The molecule has 6 heteroatoms. The molecule has 26 heavy (non-hydrogen) atoms.